The molecule has 0 saturated heterocycles. The van der Waals surface area contributed by atoms with Gasteiger partial charge < -0.3 is 10.2 Å². The fourth-order valence-corrected chi connectivity index (χ4v) is 2.30. The normalized spacial score (nSPS) is 14.1. The third-order valence-corrected chi connectivity index (χ3v) is 3.75. The van der Waals surface area contributed by atoms with Crippen LogP contribution in [0.1, 0.15) is 24.3 Å². The van der Waals surface area contributed by atoms with Crippen molar-refractivity contribution in [2.24, 2.45) is 0 Å². The first-order chi connectivity index (χ1) is 8.38. The maximum Gasteiger partial charge on any atom is 0.390 e. The summed E-state index contributed by atoms with van der Waals surface area (Å²) in [7, 11) is 1.71. The molecule has 104 valence electrons. The molecule has 0 amide bonds. The highest BCUT2D eigenvalue weighted by Crippen LogP contribution is 2.19. The van der Waals surface area contributed by atoms with Crippen molar-refractivity contribution in [2.45, 2.75) is 25.6 Å². The lowest BCUT2D eigenvalue weighted by Gasteiger charge is -2.19. The van der Waals surface area contributed by atoms with Gasteiger partial charge in [0, 0.05) is 30.6 Å². The molecule has 0 fully saturated rings. The van der Waals surface area contributed by atoms with Crippen LogP contribution in [-0.2, 0) is 0 Å². The molecule has 0 spiro atoms. The van der Waals surface area contributed by atoms with Crippen LogP contribution in [0.3, 0.4) is 0 Å². The molecule has 1 aromatic rings. The molecule has 1 atom stereocenters. The van der Waals surface area contributed by atoms with Gasteiger partial charge in [-0.25, -0.2) is 0 Å². The summed E-state index contributed by atoms with van der Waals surface area (Å²) in [6, 6.07) is 4.30. The van der Waals surface area contributed by atoms with E-state index in [0.29, 0.717) is 13.1 Å². The van der Waals surface area contributed by atoms with E-state index in [9.17, 15) is 13.2 Å². The Morgan fingerprint density at radius 1 is 1.39 bits per heavy atom. The lowest BCUT2D eigenvalue weighted by molar-refractivity contribution is -0.137. The molecule has 6 heteroatoms. The van der Waals surface area contributed by atoms with Crippen molar-refractivity contribution in [3.63, 3.8) is 0 Å². The molecule has 0 radical (unpaired) electrons. The summed E-state index contributed by atoms with van der Waals surface area (Å²) in [5.41, 5.74) is 0. The van der Waals surface area contributed by atoms with E-state index < -0.39 is 12.6 Å². The molecule has 2 nitrogen and oxygen atoms in total. The van der Waals surface area contributed by atoms with Crippen molar-refractivity contribution in [1.29, 1.82) is 0 Å². The van der Waals surface area contributed by atoms with Gasteiger partial charge in [0.1, 0.15) is 0 Å². The van der Waals surface area contributed by atoms with Crippen LogP contribution in [0, 0.1) is 0 Å². The van der Waals surface area contributed by atoms with E-state index in [1.165, 1.54) is 4.88 Å². The first-order valence-corrected chi connectivity index (χ1v) is 6.78. The smallest absolute Gasteiger partial charge is 0.308 e. The van der Waals surface area contributed by atoms with Crippen molar-refractivity contribution in [1.82, 2.24) is 10.2 Å². The Kier molecular flexibility index (Phi) is 6.11. The monoisotopic (exact) mass is 280 g/mol. The number of hydrogen-bond acceptors (Lipinski definition) is 3. The van der Waals surface area contributed by atoms with Crippen LogP contribution >= 0.6 is 11.3 Å². The second-order valence-electron chi connectivity index (χ2n) is 4.36. The molecule has 0 aliphatic carbocycles. The number of halogens is 3. The summed E-state index contributed by atoms with van der Waals surface area (Å²) >= 11 is 1.68. The SMILES string of the molecule is CC(NCCN(C)CCC(F)(F)F)c1cccs1. The Balaban J connectivity index is 2.14. The van der Waals surface area contributed by atoms with E-state index in [1.54, 1.807) is 23.3 Å². The standard InChI is InChI=1S/C12H19F3N2S/c1-10(11-4-3-9-18-11)16-6-8-17(2)7-5-12(13,14)15/h3-4,9-10,16H,5-8H2,1-2H3. The van der Waals surface area contributed by atoms with Crippen LogP contribution in [0.2, 0.25) is 0 Å². The van der Waals surface area contributed by atoms with Gasteiger partial charge in [0.05, 0.1) is 6.42 Å². The number of nitrogens with one attached hydrogen (secondary N) is 1. The summed E-state index contributed by atoms with van der Waals surface area (Å²) < 4.78 is 36.0. The second-order valence-corrected chi connectivity index (χ2v) is 5.34. The van der Waals surface area contributed by atoms with Crippen molar-refractivity contribution < 1.29 is 13.2 Å². The lowest BCUT2D eigenvalue weighted by atomic mass is 10.3. The fourth-order valence-electron chi connectivity index (χ4n) is 1.54. The number of thiophene rings is 1. The molecular formula is C12H19F3N2S. The number of rotatable bonds is 7. The highest BCUT2D eigenvalue weighted by Gasteiger charge is 2.26. The van der Waals surface area contributed by atoms with Gasteiger partial charge in [0.2, 0.25) is 0 Å². The highest BCUT2D eigenvalue weighted by molar-refractivity contribution is 7.10. The molecule has 1 rings (SSSR count). The predicted octanol–water partition coefficient (Wildman–Crippen LogP) is 3.28. The number of likely N-dealkylation sites (N-methyl/N-ethyl adjacent to an activating group) is 1. The predicted molar refractivity (Wildman–Crippen MR) is 68.9 cm³/mol. The number of nitrogens with zero attached hydrogens (tertiary/aromatic N) is 1. The van der Waals surface area contributed by atoms with Gasteiger partial charge >= 0.3 is 6.18 Å². The molecule has 1 N–H and O–H groups in total. The van der Waals surface area contributed by atoms with Gasteiger partial charge in [0.15, 0.2) is 0 Å². The molecule has 0 aliphatic heterocycles. The van der Waals surface area contributed by atoms with Gasteiger partial charge in [-0.15, -0.1) is 11.3 Å². The summed E-state index contributed by atoms with van der Waals surface area (Å²) in [5, 5.41) is 5.32. The summed E-state index contributed by atoms with van der Waals surface area (Å²) in [4.78, 5) is 2.94. The number of hydrogen-bond donors (Lipinski definition) is 1. The van der Waals surface area contributed by atoms with Gasteiger partial charge in [0.25, 0.3) is 0 Å². The van der Waals surface area contributed by atoms with Gasteiger partial charge in [-0.3, -0.25) is 0 Å². The van der Waals surface area contributed by atoms with Crippen LogP contribution in [-0.4, -0.2) is 37.8 Å². The lowest BCUT2D eigenvalue weighted by Crippen LogP contribution is -2.32. The molecule has 0 saturated carbocycles. The third kappa shape index (κ3) is 6.37. The van der Waals surface area contributed by atoms with E-state index in [1.807, 2.05) is 11.4 Å². The van der Waals surface area contributed by atoms with Crippen LogP contribution < -0.4 is 5.32 Å². The van der Waals surface area contributed by atoms with E-state index in [-0.39, 0.29) is 12.6 Å². The minimum absolute atomic E-state index is 0.0541. The van der Waals surface area contributed by atoms with Crippen LogP contribution in [0.15, 0.2) is 17.5 Å². The third-order valence-electron chi connectivity index (χ3n) is 2.69. The minimum atomic E-state index is -4.06. The molecule has 18 heavy (non-hydrogen) atoms. The molecule has 0 aliphatic rings. The van der Waals surface area contributed by atoms with Crippen LogP contribution in [0.5, 0.6) is 0 Å². The van der Waals surface area contributed by atoms with Gasteiger partial charge in [-0.2, -0.15) is 13.2 Å². The van der Waals surface area contributed by atoms with Crippen molar-refractivity contribution >= 4 is 11.3 Å². The Hall–Kier alpha value is -0.590. The zero-order valence-electron chi connectivity index (χ0n) is 10.6. The largest absolute Gasteiger partial charge is 0.390 e. The maximum atomic E-state index is 12.0. The van der Waals surface area contributed by atoms with Crippen LogP contribution in [0.4, 0.5) is 13.2 Å². The van der Waals surface area contributed by atoms with Crippen molar-refractivity contribution in [3.8, 4) is 0 Å². The molecule has 1 heterocycles. The van der Waals surface area contributed by atoms with Crippen LogP contribution in [0.25, 0.3) is 0 Å². The highest BCUT2D eigenvalue weighted by atomic mass is 32.1. The van der Waals surface area contributed by atoms with E-state index >= 15 is 0 Å². The Morgan fingerprint density at radius 2 is 2.11 bits per heavy atom. The Bertz CT molecular complexity index is 325. The minimum Gasteiger partial charge on any atom is -0.308 e. The molecule has 0 bridgehead atoms. The zero-order chi connectivity index (χ0) is 13.6. The average Bonchev–Trinajstić information content (AvgIpc) is 2.78. The van der Waals surface area contributed by atoms with E-state index in [2.05, 4.69) is 18.3 Å². The van der Waals surface area contributed by atoms with Gasteiger partial charge in [-0.05, 0) is 25.4 Å². The Labute approximate surface area is 110 Å². The Morgan fingerprint density at radius 3 is 2.67 bits per heavy atom. The average molecular weight is 280 g/mol. The maximum absolute atomic E-state index is 12.0. The summed E-state index contributed by atoms with van der Waals surface area (Å²) in [6.07, 6.45) is -4.81. The second kappa shape index (κ2) is 7.11. The molecule has 0 aromatic carbocycles. The molecular weight excluding hydrogens is 261 g/mol. The quantitative estimate of drug-likeness (QED) is 0.824. The summed E-state index contributed by atoms with van der Waals surface area (Å²) in [6.45, 7) is 3.42. The first kappa shape index (κ1) is 15.5. The first-order valence-electron chi connectivity index (χ1n) is 5.90. The van der Waals surface area contributed by atoms with Crippen molar-refractivity contribution in [3.05, 3.63) is 22.4 Å². The van der Waals surface area contributed by atoms with Crippen molar-refractivity contribution in [2.75, 3.05) is 26.7 Å². The van der Waals surface area contributed by atoms with E-state index in [4.69, 9.17) is 0 Å². The van der Waals surface area contributed by atoms with E-state index in [0.717, 1.165) is 0 Å². The molecule has 1 unspecified atom stereocenters. The number of alkyl halides is 3. The zero-order valence-corrected chi connectivity index (χ0v) is 11.4. The fraction of sp³-hybridized carbons (Fsp3) is 0.667. The van der Waals surface area contributed by atoms with Gasteiger partial charge in [-0.1, -0.05) is 6.07 Å². The topological polar surface area (TPSA) is 15.3 Å². The summed E-state index contributed by atoms with van der Waals surface area (Å²) in [5.74, 6) is 0. The molecule has 1 aromatic heterocycles.